The average molecular weight is 340 g/mol. The summed E-state index contributed by atoms with van der Waals surface area (Å²) in [6.07, 6.45) is 4.42. The molecule has 1 aromatic heterocycles. The van der Waals surface area contributed by atoms with E-state index in [4.69, 9.17) is 21.6 Å². The maximum Gasteiger partial charge on any atom is 0.142 e. The maximum atomic E-state index is 6.24. The van der Waals surface area contributed by atoms with Crippen LogP contribution in [-0.4, -0.2) is 9.97 Å². The first-order valence-corrected chi connectivity index (χ1v) is 8.84. The topological polar surface area (TPSA) is 37.8 Å². The van der Waals surface area contributed by atoms with Gasteiger partial charge >= 0.3 is 0 Å². The van der Waals surface area contributed by atoms with Crippen molar-refractivity contribution >= 4 is 34.0 Å². The van der Waals surface area contributed by atoms with Crippen molar-refractivity contribution in [3.05, 3.63) is 58.9 Å². The molecule has 0 aliphatic rings. The Morgan fingerprint density at radius 2 is 1.88 bits per heavy atom. The van der Waals surface area contributed by atoms with Gasteiger partial charge in [0.25, 0.3) is 0 Å². The number of unbranched alkanes of at least 4 members (excludes halogenated alkanes) is 2. The van der Waals surface area contributed by atoms with Gasteiger partial charge in [-0.05, 0) is 43.2 Å². The molecule has 0 bridgehead atoms. The minimum absolute atomic E-state index is 0.751. The minimum Gasteiger partial charge on any atom is -0.340 e. The largest absolute Gasteiger partial charge is 0.340 e. The van der Waals surface area contributed by atoms with Crippen LogP contribution >= 0.6 is 11.6 Å². The number of hydrogen-bond acceptors (Lipinski definition) is 3. The number of hydrogen-bond donors (Lipinski definition) is 1. The first-order valence-electron chi connectivity index (χ1n) is 8.46. The summed E-state index contributed by atoms with van der Waals surface area (Å²) in [6, 6.07) is 14.1. The zero-order valence-corrected chi connectivity index (χ0v) is 14.9. The van der Waals surface area contributed by atoms with Crippen LogP contribution in [0.3, 0.4) is 0 Å². The van der Waals surface area contributed by atoms with E-state index in [2.05, 4.69) is 12.2 Å². The molecule has 3 aromatic rings. The highest BCUT2D eigenvalue weighted by atomic mass is 35.5. The van der Waals surface area contributed by atoms with Crippen molar-refractivity contribution in [3.8, 4) is 0 Å². The molecular weight excluding hydrogens is 318 g/mol. The Morgan fingerprint density at radius 1 is 1.04 bits per heavy atom. The van der Waals surface area contributed by atoms with Crippen LogP contribution < -0.4 is 5.32 Å². The summed E-state index contributed by atoms with van der Waals surface area (Å²) in [5.74, 6) is 1.73. The van der Waals surface area contributed by atoms with Crippen molar-refractivity contribution < 1.29 is 0 Å². The third kappa shape index (κ3) is 3.85. The quantitative estimate of drug-likeness (QED) is 0.554. The summed E-state index contributed by atoms with van der Waals surface area (Å²) in [5.41, 5.74) is 2.98. The van der Waals surface area contributed by atoms with E-state index in [9.17, 15) is 0 Å². The van der Waals surface area contributed by atoms with Gasteiger partial charge in [-0.2, -0.15) is 0 Å². The van der Waals surface area contributed by atoms with Crippen molar-refractivity contribution in [1.29, 1.82) is 0 Å². The molecule has 0 atom stereocenters. The van der Waals surface area contributed by atoms with Crippen molar-refractivity contribution in [2.24, 2.45) is 0 Å². The van der Waals surface area contributed by atoms with Crippen LogP contribution in [-0.2, 0) is 6.42 Å². The highest BCUT2D eigenvalue weighted by Crippen LogP contribution is 2.27. The molecule has 0 radical (unpaired) electrons. The molecule has 1 N–H and O–H groups in total. The lowest BCUT2D eigenvalue weighted by Crippen LogP contribution is -2.02. The summed E-state index contributed by atoms with van der Waals surface area (Å²) < 4.78 is 0. The molecule has 0 aliphatic heterocycles. The molecular formula is C20H22ClN3. The Morgan fingerprint density at radius 3 is 2.67 bits per heavy atom. The van der Waals surface area contributed by atoms with Crippen molar-refractivity contribution in [2.75, 3.05) is 5.32 Å². The second-order valence-corrected chi connectivity index (χ2v) is 6.46. The van der Waals surface area contributed by atoms with E-state index in [0.29, 0.717) is 0 Å². The first kappa shape index (κ1) is 16.7. The smallest absolute Gasteiger partial charge is 0.142 e. The number of nitrogens with one attached hydrogen (secondary N) is 1. The monoisotopic (exact) mass is 339 g/mol. The van der Waals surface area contributed by atoms with Crippen LogP contribution in [0.5, 0.6) is 0 Å². The second-order valence-electron chi connectivity index (χ2n) is 6.05. The number of benzene rings is 2. The zero-order valence-electron chi connectivity index (χ0n) is 14.1. The summed E-state index contributed by atoms with van der Waals surface area (Å²) in [7, 11) is 0. The van der Waals surface area contributed by atoms with Gasteiger partial charge in [0.15, 0.2) is 0 Å². The molecule has 4 heteroatoms. The predicted octanol–water partition coefficient (Wildman–Crippen LogP) is 6.07. The van der Waals surface area contributed by atoms with Crippen LogP contribution in [0.2, 0.25) is 5.02 Å². The molecule has 0 saturated carbocycles. The number of aryl methyl sites for hydroxylation is 2. The SMILES string of the molecule is CCCCCc1nc(Nc2ccc(C)c(Cl)c2)c2ccccc2n1. The molecule has 0 unspecified atom stereocenters. The van der Waals surface area contributed by atoms with E-state index in [-0.39, 0.29) is 0 Å². The molecule has 1 heterocycles. The normalized spacial score (nSPS) is 11.0. The van der Waals surface area contributed by atoms with Gasteiger partial charge in [0.2, 0.25) is 0 Å². The van der Waals surface area contributed by atoms with E-state index in [1.807, 2.05) is 49.4 Å². The van der Waals surface area contributed by atoms with Crippen LogP contribution in [0.15, 0.2) is 42.5 Å². The lowest BCUT2D eigenvalue weighted by molar-refractivity contribution is 0.696. The number of para-hydroxylation sites is 1. The molecule has 0 saturated heterocycles. The van der Waals surface area contributed by atoms with Gasteiger partial charge in [0.05, 0.1) is 5.52 Å². The van der Waals surface area contributed by atoms with Gasteiger partial charge in [-0.25, -0.2) is 9.97 Å². The molecule has 124 valence electrons. The minimum atomic E-state index is 0.751. The van der Waals surface area contributed by atoms with E-state index in [0.717, 1.165) is 51.7 Å². The molecule has 3 nitrogen and oxygen atoms in total. The van der Waals surface area contributed by atoms with Crippen LogP contribution in [0, 0.1) is 6.92 Å². The molecule has 2 aromatic carbocycles. The van der Waals surface area contributed by atoms with Crippen LogP contribution in [0.4, 0.5) is 11.5 Å². The molecule has 0 spiro atoms. The fourth-order valence-corrected chi connectivity index (χ4v) is 2.85. The lowest BCUT2D eigenvalue weighted by Gasteiger charge is -2.12. The number of anilines is 2. The van der Waals surface area contributed by atoms with Crippen molar-refractivity contribution in [2.45, 2.75) is 39.5 Å². The van der Waals surface area contributed by atoms with Gasteiger partial charge < -0.3 is 5.32 Å². The van der Waals surface area contributed by atoms with E-state index >= 15 is 0 Å². The maximum absolute atomic E-state index is 6.24. The van der Waals surface area contributed by atoms with Crippen molar-refractivity contribution in [3.63, 3.8) is 0 Å². The molecule has 0 amide bonds. The number of aromatic nitrogens is 2. The summed E-state index contributed by atoms with van der Waals surface area (Å²) >= 11 is 6.24. The van der Waals surface area contributed by atoms with Gasteiger partial charge in [-0.15, -0.1) is 0 Å². The van der Waals surface area contributed by atoms with Gasteiger partial charge in [-0.1, -0.05) is 49.6 Å². The lowest BCUT2D eigenvalue weighted by atomic mass is 10.1. The Hall–Kier alpha value is -2.13. The summed E-state index contributed by atoms with van der Waals surface area (Å²) in [6.45, 7) is 4.20. The van der Waals surface area contributed by atoms with Gasteiger partial charge in [0, 0.05) is 22.5 Å². The highest BCUT2D eigenvalue weighted by Gasteiger charge is 2.08. The summed E-state index contributed by atoms with van der Waals surface area (Å²) in [5, 5.41) is 5.18. The van der Waals surface area contributed by atoms with E-state index in [1.54, 1.807) is 0 Å². The second kappa shape index (κ2) is 7.63. The zero-order chi connectivity index (χ0) is 16.9. The summed E-state index contributed by atoms with van der Waals surface area (Å²) in [4.78, 5) is 9.46. The Balaban J connectivity index is 1.96. The number of halogens is 1. The average Bonchev–Trinajstić information content (AvgIpc) is 2.58. The van der Waals surface area contributed by atoms with E-state index in [1.165, 1.54) is 12.8 Å². The van der Waals surface area contributed by atoms with Gasteiger partial charge in [0.1, 0.15) is 11.6 Å². The standard InChI is InChI=1S/C20H22ClN3/c1-3-4-5-10-19-23-18-9-7-6-8-16(18)20(24-19)22-15-12-11-14(2)17(21)13-15/h6-9,11-13H,3-5,10H2,1-2H3,(H,22,23,24). The molecule has 24 heavy (non-hydrogen) atoms. The fraction of sp³-hybridized carbons (Fsp3) is 0.300. The van der Waals surface area contributed by atoms with E-state index < -0.39 is 0 Å². The number of rotatable bonds is 6. The van der Waals surface area contributed by atoms with Crippen molar-refractivity contribution in [1.82, 2.24) is 9.97 Å². The Labute approximate surface area is 148 Å². The van der Waals surface area contributed by atoms with Crippen LogP contribution in [0.25, 0.3) is 10.9 Å². The van der Waals surface area contributed by atoms with Gasteiger partial charge in [-0.3, -0.25) is 0 Å². The third-order valence-electron chi connectivity index (χ3n) is 4.09. The highest BCUT2D eigenvalue weighted by molar-refractivity contribution is 6.31. The molecule has 3 rings (SSSR count). The third-order valence-corrected chi connectivity index (χ3v) is 4.50. The number of nitrogens with zero attached hydrogens (tertiary/aromatic N) is 2. The Kier molecular flexibility index (Phi) is 5.31. The predicted molar refractivity (Wildman–Crippen MR) is 102 cm³/mol. The Bertz CT molecular complexity index is 845. The first-order chi connectivity index (χ1) is 11.7. The number of fused-ring (bicyclic) bond motifs is 1. The van der Waals surface area contributed by atoms with Crippen LogP contribution in [0.1, 0.15) is 37.6 Å². The molecule has 0 aliphatic carbocycles. The fourth-order valence-electron chi connectivity index (χ4n) is 2.67. The molecule has 0 fully saturated rings.